The number of thiophene rings is 1. The van der Waals surface area contributed by atoms with Crippen LogP contribution in [0.25, 0.3) is 0 Å². The predicted octanol–water partition coefficient (Wildman–Crippen LogP) is 2.73. The van der Waals surface area contributed by atoms with Crippen LogP contribution >= 0.6 is 22.9 Å². The van der Waals surface area contributed by atoms with Crippen molar-refractivity contribution in [1.29, 1.82) is 0 Å². The summed E-state index contributed by atoms with van der Waals surface area (Å²) < 4.78 is 5.75. The van der Waals surface area contributed by atoms with Crippen LogP contribution in [0.2, 0.25) is 4.34 Å². The van der Waals surface area contributed by atoms with E-state index >= 15 is 0 Å². The van der Waals surface area contributed by atoms with Crippen LogP contribution in [0.1, 0.15) is 18.7 Å². The summed E-state index contributed by atoms with van der Waals surface area (Å²) in [4.78, 5) is 12.6. The zero-order chi connectivity index (χ0) is 12.7. The van der Waals surface area contributed by atoms with E-state index in [1.807, 2.05) is 26.0 Å². The number of esters is 1. The van der Waals surface area contributed by atoms with Gasteiger partial charge in [0.05, 0.1) is 16.9 Å². The highest BCUT2D eigenvalue weighted by atomic mass is 35.5. The monoisotopic (exact) mass is 275 g/mol. The number of carbonyl (C=O) groups excluding carboxylic acids is 1. The lowest BCUT2D eigenvalue weighted by molar-refractivity contribution is -0.147. The summed E-state index contributed by atoms with van der Waals surface area (Å²) >= 11 is 7.43. The van der Waals surface area contributed by atoms with E-state index in [-0.39, 0.29) is 11.9 Å². The van der Waals surface area contributed by atoms with E-state index in [0.29, 0.717) is 13.2 Å². The summed E-state index contributed by atoms with van der Waals surface area (Å²) in [5.41, 5.74) is 0. The second kappa shape index (κ2) is 7.69. The summed E-state index contributed by atoms with van der Waals surface area (Å²) in [6.07, 6.45) is 0.937. The van der Waals surface area contributed by atoms with Gasteiger partial charge in [0.25, 0.3) is 0 Å². The summed E-state index contributed by atoms with van der Waals surface area (Å²) in [6.45, 7) is 5.63. The molecule has 1 N–H and O–H groups in total. The van der Waals surface area contributed by atoms with Crippen LogP contribution in [0, 0.1) is 5.92 Å². The molecule has 0 radical (unpaired) electrons. The summed E-state index contributed by atoms with van der Waals surface area (Å²) in [7, 11) is 0. The molecule has 0 fully saturated rings. The van der Waals surface area contributed by atoms with Gasteiger partial charge in [-0.3, -0.25) is 4.79 Å². The molecule has 1 atom stereocenters. The molecule has 5 heteroatoms. The van der Waals surface area contributed by atoms with Crippen molar-refractivity contribution in [2.75, 3.05) is 19.7 Å². The Balaban J connectivity index is 2.13. The highest BCUT2D eigenvalue weighted by Crippen LogP contribution is 2.21. The molecule has 0 spiro atoms. The van der Waals surface area contributed by atoms with Crippen molar-refractivity contribution >= 4 is 28.9 Å². The van der Waals surface area contributed by atoms with Crippen LogP contribution in [-0.2, 0) is 16.0 Å². The van der Waals surface area contributed by atoms with Crippen molar-refractivity contribution in [3.05, 3.63) is 21.3 Å². The SMILES string of the molecule is CCOC(=O)C(C)CNCCc1ccc(Cl)s1. The lowest BCUT2D eigenvalue weighted by atomic mass is 10.2. The largest absolute Gasteiger partial charge is 0.466 e. The van der Waals surface area contributed by atoms with Gasteiger partial charge in [-0.25, -0.2) is 0 Å². The first-order valence-corrected chi connectivity index (χ1v) is 6.94. The van der Waals surface area contributed by atoms with Gasteiger partial charge in [-0.2, -0.15) is 0 Å². The minimum absolute atomic E-state index is 0.0955. The number of hydrogen-bond donors (Lipinski definition) is 1. The van der Waals surface area contributed by atoms with E-state index < -0.39 is 0 Å². The molecule has 96 valence electrons. The fourth-order valence-corrected chi connectivity index (χ4v) is 2.47. The Morgan fingerprint density at radius 1 is 1.59 bits per heavy atom. The summed E-state index contributed by atoms with van der Waals surface area (Å²) in [5.74, 6) is -0.235. The van der Waals surface area contributed by atoms with Gasteiger partial charge >= 0.3 is 5.97 Å². The molecule has 17 heavy (non-hydrogen) atoms. The minimum atomic E-state index is -0.140. The van der Waals surface area contributed by atoms with Gasteiger partial charge in [0.2, 0.25) is 0 Å². The first-order valence-electron chi connectivity index (χ1n) is 5.75. The predicted molar refractivity (Wildman–Crippen MR) is 71.7 cm³/mol. The highest BCUT2D eigenvalue weighted by Gasteiger charge is 2.12. The van der Waals surface area contributed by atoms with Crippen LogP contribution in [0.15, 0.2) is 12.1 Å². The average Bonchev–Trinajstić information content (AvgIpc) is 2.70. The Hall–Kier alpha value is -0.580. The lowest BCUT2D eigenvalue weighted by Crippen LogP contribution is -2.29. The second-order valence-electron chi connectivity index (χ2n) is 3.81. The maximum Gasteiger partial charge on any atom is 0.309 e. The first kappa shape index (κ1) is 14.5. The third-order valence-electron chi connectivity index (χ3n) is 2.32. The van der Waals surface area contributed by atoms with Gasteiger partial charge in [-0.05, 0) is 32.0 Å². The molecule has 0 aromatic carbocycles. The van der Waals surface area contributed by atoms with E-state index in [1.54, 1.807) is 11.3 Å². The molecule has 1 rings (SSSR count). The van der Waals surface area contributed by atoms with Gasteiger partial charge in [0.15, 0.2) is 0 Å². The van der Waals surface area contributed by atoms with Crippen LogP contribution in [0.3, 0.4) is 0 Å². The fraction of sp³-hybridized carbons (Fsp3) is 0.583. The zero-order valence-electron chi connectivity index (χ0n) is 10.2. The number of ether oxygens (including phenoxy) is 1. The normalized spacial score (nSPS) is 12.4. The van der Waals surface area contributed by atoms with Crippen molar-refractivity contribution in [2.45, 2.75) is 20.3 Å². The third kappa shape index (κ3) is 5.52. The summed E-state index contributed by atoms with van der Waals surface area (Å²) in [6, 6.07) is 3.94. The fourth-order valence-electron chi connectivity index (χ4n) is 1.38. The van der Waals surface area contributed by atoms with Gasteiger partial charge in [0.1, 0.15) is 0 Å². The molecule has 0 saturated carbocycles. The molecule has 1 aromatic heterocycles. The number of nitrogens with one attached hydrogen (secondary N) is 1. The maximum atomic E-state index is 11.3. The Kier molecular flexibility index (Phi) is 6.55. The topological polar surface area (TPSA) is 38.3 Å². The smallest absolute Gasteiger partial charge is 0.309 e. The number of rotatable bonds is 7. The van der Waals surface area contributed by atoms with E-state index in [0.717, 1.165) is 17.3 Å². The molecule has 1 aromatic rings. The third-order valence-corrected chi connectivity index (χ3v) is 3.61. The van der Waals surface area contributed by atoms with Crippen LogP contribution in [0.5, 0.6) is 0 Å². The van der Waals surface area contributed by atoms with Gasteiger partial charge < -0.3 is 10.1 Å². The first-order chi connectivity index (χ1) is 8.13. The molecule has 0 amide bonds. The van der Waals surface area contributed by atoms with Crippen LogP contribution in [0.4, 0.5) is 0 Å². The highest BCUT2D eigenvalue weighted by molar-refractivity contribution is 7.16. The quantitative estimate of drug-likeness (QED) is 0.614. The molecule has 1 heterocycles. The van der Waals surface area contributed by atoms with Gasteiger partial charge in [-0.1, -0.05) is 18.5 Å². The Morgan fingerprint density at radius 2 is 2.35 bits per heavy atom. The van der Waals surface area contributed by atoms with Crippen molar-refractivity contribution in [3.63, 3.8) is 0 Å². The number of carbonyl (C=O) groups is 1. The average molecular weight is 276 g/mol. The van der Waals surface area contributed by atoms with Crippen molar-refractivity contribution in [1.82, 2.24) is 5.32 Å². The van der Waals surface area contributed by atoms with E-state index in [4.69, 9.17) is 16.3 Å². The van der Waals surface area contributed by atoms with E-state index in [2.05, 4.69) is 5.32 Å². The molecule has 1 unspecified atom stereocenters. The van der Waals surface area contributed by atoms with Gasteiger partial charge in [0, 0.05) is 11.4 Å². The number of halogens is 1. The maximum absolute atomic E-state index is 11.3. The number of hydrogen-bond acceptors (Lipinski definition) is 4. The molecule has 3 nitrogen and oxygen atoms in total. The molecule has 0 bridgehead atoms. The lowest BCUT2D eigenvalue weighted by Gasteiger charge is -2.11. The van der Waals surface area contributed by atoms with Crippen molar-refractivity contribution in [2.24, 2.45) is 5.92 Å². The molecular formula is C12H18ClNO2S. The Bertz CT molecular complexity index is 354. The Labute approximate surface area is 111 Å². The molecule has 0 aliphatic heterocycles. The Morgan fingerprint density at radius 3 is 2.94 bits per heavy atom. The van der Waals surface area contributed by atoms with E-state index in [9.17, 15) is 4.79 Å². The molecule has 0 aliphatic carbocycles. The summed E-state index contributed by atoms with van der Waals surface area (Å²) in [5, 5.41) is 3.24. The standard InChI is InChI=1S/C12H18ClNO2S/c1-3-16-12(15)9(2)8-14-7-6-10-4-5-11(13)17-10/h4-5,9,14H,3,6-8H2,1-2H3. The van der Waals surface area contributed by atoms with Crippen LogP contribution in [-0.4, -0.2) is 25.7 Å². The zero-order valence-corrected chi connectivity index (χ0v) is 11.7. The molecular weight excluding hydrogens is 258 g/mol. The minimum Gasteiger partial charge on any atom is -0.466 e. The molecule has 0 saturated heterocycles. The second-order valence-corrected chi connectivity index (χ2v) is 5.61. The van der Waals surface area contributed by atoms with Crippen molar-refractivity contribution < 1.29 is 9.53 Å². The molecule has 0 aliphatic rings. The van der Waals surface area contributed by atoms with E-state index in [1.165, 1.54) is 4.88 Å². The van der Waals surface area contributed by atoms with Crippen LogP contribution < -0.4 is 5.32 Å². The van der Waals surface area contributed by atoms with Crippen molar-refractivity contribution in [3.8, 4) is 0 Å². The van der Waals surface area contributed by atoms with Gasteiger partial charge in [-0.15, -0.1) is 11.3 Å².